The number of hydrogen-bond acceptors (Lipinski definition) is 1. The number of nitrogens with one attached hydrogen (secondary N) is 1. The van der Waals surface area contributed by atoms with E-state index < -0.39 is 0 Å². The molecule has 1 atom stereocenters. The summed E-state index contributed by atoms with van der Waals surface area (Å²) in [5.41, 5.74) is 0.735. The molecule has 0 aromatic heterocycles. The van der Waals surface area contributed by atoms with Crippen LogP contribution in [0.1, 0.15) is 45.2 Å². The normalized spacial score (nSPS) is 13.1. The van der Waals surface area contributed by atoms with E-state index in [2.05, 4.69) is 35.1 Å². The van der Waals surface area contributed by atoms with Gasteiger partial charge in [0.05, 0.1) is 0 Å². The highest BCUT2D eigenvalue weighted by molar-refractivity contribution is 9.10. The van der Waals surface area contributed by atoms with Crippen molar-refractivity contribution < 1.29 is 4.39 Å². The van der Waals surface area contributed by atoms with Gasteiger partial charge in [-0.2, -0.15) is 0 Å². The minimum atomic E-state index is -0.149. The molecule has 1 unspecified atom stereocenters. The average molecular weight is 302 g/mol. The van der Waals surface area contributed by atoms with Crippen molar-refractivity contribution in [2.75, 3.05) is 6.54 Å². The van der Waals surface area contributed by atoms with Crippen molar-refractivity contribution in [1.29, 1.82) is 0 Å². The summed E-state index contributed by atoms with van der Waals surface area (Å²) in [5, 5.41) is 3.41. The fraction of sp³-hybridized carbons (Fsp3) is 0.571. The summed E-state index contributed by atoms with van der Waals surface area (Å²) in [6.07, 6.45) is 2.33. The van der Waals surface area contributed by atoms with Gasteiger partial charge in [-0.15, -0.1) is 0 Å². The maximum atomic E-state index is 13.7. The Morgan fingerprint density at radius 3 is 2.47 bits per heavy atom. The Bertz CT molecular complexity index is 350. The molecule has 1 rings (SSSR count). The Hall–Kier alpha value is -0.410. The third kappa shape index (κ3) is 4.40. The number of rotatable bonds is 6. The van der Waals surface area contributed by atoms with E-state index in [9.17, 15) is 4.39 Å². The summed E-state index contributed by atoms with van der Waals surface area (Å²) in [6, 6.07) is 5.30. The van der Waals surface area contributed by atoms with Gasteiger partial charge in [0, 0.05) is 16.1 Å². The van der Waals surface area contributed by atoms with Crippen LogP contribution >= 0.6 is 15.9 Å². The smallest absolute Gasteiger partial charge is 0.129 e. The summed E-state index contributed by atoms with van der Waals surface area (Å²) in [7, 11) is 0. The number of benzene rings is 1. The van der Waals surface area contributed by atoms with Crippen molar-refractivity contribution in [3.63, 3.8) is 0 Å². The molecular weight excluding hydrogens is 281 g/mol. The van der Waals surface area contributed by atoms with Gasteiger partial charge in [0.25, 0.3) is 0 Å². The lowest BCUT2D eigenvalue weighted by atomic mass is 10.0. The van der Waals surface area contributed by atoms with Crippen LogP contribution in [0.25, 0.3) is 0 Å². The quantitative estimate of drug-likeness (QED) is 0.805. The molecule has 0 aliphatic rings. The van der Waals surface area contributed by atoms with Gasteiger partial charge in [-0.3, -0.25) is 0 Å². The third-order valence-electron chi connectivity index (χ3n) is 3.30. The highest BCUT2D eigenvalue weighted by atomic mass is 79.9. The van der Waals surface area contributed by atoms with E-state index in [1.54, 1.807) is 0 Å². The SMILES string of the molecule is CCC(CC)CNC(C)c1ccc(Br)cc1F. The van der Waals surface area contributed by atoms with E-state index in [-0.39, 0.29) is 11.9 Å². The van der Waals surface area contributed by atoms with Crippen molar-refractivity contribution in [2.24, 2.45) is 5.92 Å². The Balaban J connectivity index is 2.60. The van der Waals surface area contributed by atoms with E-state index in [0.717, 1.165) is 16.6 Å². The van der Waals surface area contributed by atoms with E-state index in [1.165, 1.54) is 18.9 Å². The van der Waals surface area contributed by atoms with Gasteiger partial charge in [0.1, 0.15) is 5.82 Å². The van der Waals surface area contributed by atoms with Gasteiger partial charge in [0.2, 0.25) is 0 Å². The first-order chi connectivity index (χ1) is 8.08. The second-order valence-corrected chi connectivity index (χ2v) is 5.39. The Morgan fingerprint density at radius 1 is 1.29 bits per heavy atom. The molecule has 1 aromatic rings. The predicted octanol–water partition coefficient (Wildman–Crippen LogP) is 4.68. The van der Waals surface area contributed by atoms with Gasteiger partial charge in [-0.25, -0.2) is 4.39 Å². The van der Waals surface area contributed by atoms with Gasteiger partial charge in [-0.1, -0.05) is 48.7 Å². The minimum absolute atomic E-state index is 0.0590. The maximum absolute atomic E-state index is 13.7. The summed E-state index contributed by atoms with van der Waals surface area (Å²) in [4.78, 5) is 0. The van der Waals surface area contributed by atoms with E-state index in [4.69, 9.17) is 0 Å². The molecule has 1 nitrogen and oxygen atoms in total. The summed E-state index contributed by atoms with van der Waals surface area (Å²) in [6.45, 7) is 7.35. The first-order valence-corrected chi connectivity index (χ1v) is 7.06. The largest absolute Gasteiger partial charge is 0.310 e. The fourth-order valence-corrected chi connectivity index (χ4v) is 2.22. The first kappa shape index (κ1) is 14.7. The lowest BCUT2D eigenvalue weighted by Crippen LogP contribution is -2.25. The molecule has 17 heavy (non-hydrogen) atoms. The average Bonchev–Trinajstić information content (AvgIpc) is 2.30. The molecule has 0 saturated heterocycles. The van der Waals surface area contributed by atoms with Gasteiger partial charge >= 0.3 is 0 Å². The van der Waals surface area contributed by atoms with Crippen LogP contribution in [-0.2, 0) is 0 Å². The molecule has 96 valence electrons. The highest BCUT2D eigenvalue weighted by Crippen LogP contribution is 2.21. The van der Waals surface area contributed by atoms with Crippen LogP contribution < -0.4 is 5.32 Å². The zero-order valence-corrected chi connectivity index (χ0v) is 12.3. The number of halogens is 2. The van der Waals surface area contributed by atoms with Crippen LogP contribution in [0.5, 0.6) is 0 Å². The topological polar surface area (TPSA) is 12.0 Å². The second kappa shape index (κ2) is 7.12. The van der Waals surface area contributed by atoms with Crippen LogP contribution in [-0.4, -0.2) is 6.54 Å². The molecule has 0 fully saturated rings. The molecule has 0 amide bonds. The molecule has 1 aromatic carbocycles. The van der Waals surface area contributed by atoms with Crippen molar-refractivity contribution in [3.05, 3.63) is 34.1 Å². The lowest BCUT2D eigenvalue weighted by Gasteiger charge is -2.19. The third-order valence-corrected chi connectivity index (χ3v) is 3.79. The molecule has 0 bridgehead atoms. The van der Waals surface area contributed by atoms with E-state index in [1.807, 2.05) is 19.1 Å². The molecule has 0 radical (unpaired) electrons. The highest BCUT2D eigenvalue weighted by Gasteiger charge is 2.12. The van der Waals surface area contributed by atoms with Gasteiger partial charge in [0.15, 0.2) is 0 Å². The van der Waals surface area contributed by atoms with E-state index >= 15 is 0 Å². The van der Waals surface area contributed by atoms with Crippen molar-refractivity contribution in [3.8, 4) is 0 Å². The van der Waals surface area contributed by atoms with E-state index in [0.29, 0.717) is 5.92 Å². The summed E-state index contributed by atoms with van der Waals surface area (Å²) >= 11 is 3.27. The van der Waals surface area contributed by atoms with Crippen molar-refractivity contribution in [2.45, 2.75) is 39.7 Å². The molecule has 0 aliphatic carbocycles. The van der Waals surface area contributed by atoms with Crippen LogP contribution in [0, 0.1) is 11.7 Å². The van der Waals surface area contributed by atoms with Crippen molar-refractivity contribution >= 4 is 15.9 Å². The van der Waals surface area contributed by atoms with Crippen molar-refractivity contribution in [1.82, 2.24) is 5.32 Å². The standard InChI is InChI=1S/C14H21BrFN/c1-4-11(5-2)9-17-10(3)13-7-6-12(15)8-14(13)16/h6-8,10-11,17H,4-5,9H2,1-3H3. The van der Waals surface area contributed by atoms with Gasteiger partial charge < -0.3 is 5.32 Å². The fourth-order valence-electron chi connectivity index (χ4n) is 1.88. The molecular formula is C14H21BrFN. The van der Waals surface area contributed by atoms with Crippen LogP contribution in [0.2, 0.25) is 0 Å². The molecule has 0 spiro atoms. The Kier molecular flexibility index (Phi) is 6.14. The maximum Gasteiger partial charge on any atom is 0.129 e. The molecule has 1 N–H and O–H groups in total. The Morgan fingerprint density at radius 2 is 1.94 bits per heavy atom. The number of hydrogen-bond donors (Lipinski definition) is 1. The van der Waals surface area contributed by atoms with Crippen LogP contribution in [0.4, 0.5) is 4.39 Å². The molecule has 0 saturated carbocycles. The molecule has 0 heterocycles. The van der Waals surface area contributed by atoms with Crippen LogP contribution in [0.3, 0.4) is 0 Å². The summed E-state index contributed by atoms with van der Waals surface area (Å²) in [5.74, 6) is 0.528. The molecule has 3 heteroatoms. The zero-order chi connectivity index (χ0) is 12.8. The monoisotopic (exact) mass is 301 g/mol. The lowest BCUT2D eigenvalue weighted by molar-refractivity contribution is 0.416. The molecule has 0 aliphatic heterocycles. The first-order valence-electron chi connectivity index (χ1n) is 6.26. The second-order valence-electron chi connectivity index (χ2n) is 4.48. The Labute approximate surface area is 112 Å². The predicted molar refractivity (Wildman–Crippen MR) is 74.6 cm³/mol. The zero-order valence-electron chi connectivity index (χ0n) is 10.8. The van der Waals surface area contributed by atoms with Crippen LogP contribution in [0.15, 0.2) is 22.7 Å². The minimum Gasteiger partial charge on any atom is -0.310 e. The van der Waals surface area contributed by atoms with Gasteiger partial charge in [-0.05, 0) is 31.5 Å². The summed E-state index contributed by atoms with van der Waals surface area (Å²) < 4.78 is 14.5.